The van der Waals surface area contributed by atoms with Crippen molar-refractivity contribution in [2.24, 2.45) is 0 Å². The normalized spacial score (nSPS) is 32.4. The molecule has 0 aliphatic carbocycles. The van der Waals surface area contributed by atoms with Gasteiger partial charge in [-0.2, -0.15) is 21.6 Å². The lowest BCUT2D eigenvalue weighted by atomic mass is 10.1. The van der Waals surface area contributed by atoms with Crippen molar-refractivity contribution in [3.05, 3.63) is 71.8 Å². The van der Waals surface area contributed by atoms with Gasteiger partial charge in [-0.3, -0.25) is 4.18 Å². The highest BCUT2D eigenvalue weighted by atomic mass is 32.2. The van der Waals surface area contributed by atoms with Crippen LogP contribution in [0.3, 0.4) is 0 Å². The van der Waals surface area contributed by atoms with E-state index in [9.17, 15) is 26.7 Å². The average Bonchev–Trinajstić information content (AvgIpc) is 3.66. The fourth-order valence-corrected chi connectivity index (χ4v) is 6.06. The molecule has 4 aliphatic heterocycles. The number of benzene rings is 2. The predicted molar refractivity (Wildman–Crippen MR) is 155 cm³/mol. The summed E-state index contributed by atoms with van der Waals surface area (Å²) >= 11 is 0. The van der Waals surface area contributed by atoms with E-state index in [0.29, 0.717) is 13.2 Å². The summed E-state index contributed by atoms with van der Waals surface area (Å²) in [6, 6.07) is 18.9. The van der Waals surface area contributed by atoms with Gasteiger partial charge in [0.05, 0.1) is 26.4 Å². The molecular weight excluding hydrogens is 653 g/mol. The molecule has 16 heteroatoms. The molecule has 0 saturated carbocycles. The van der Waals surface area contributed by atoms with Gasteiger partial charge in [-0.1, -0.05) is 60.7 Å². The topological polar surface area (TPSA) is 137 Å². The van der Waals surface area contributed by atoms with Gasteiger partial charge in [0.15, 0.2) is 24.2 Å². The molecule has 0 radical (unpaired) electrons. The monoisotopic (exact) mass is 692 g/mol. The number of rotatable bonds is 10. The highest BCUT2D eigenvalue weighted by Crippen LogP contribution is 2.41. The second-order valence-corrected chi connectivity index (χ2v) is 13.8. The van der Waals surface area contributed by atoms with Crippen molar-refractivity contribution in [2.75, 3.05) is 13.2 Å². The molecule has 4 heterocycles. The van der Waals surface area contributed by atoms with Crippen molar-refractivity contribution in [1.29, 1.82) is 0 Å². The Morgan fingerprint density at radius 1 is 0.723 bits per heavy atom. The number of aliphatic hydroxyl groups excluding tert-OH is 1. The molecule has 4 saturated heterocycles. The number of aliphatic hydroxyl groups is 1. The van der Waals surface area contributed by atoms with Gasteiger partial charge in [-0.15, -0.1) is 0 Å². The molecule has 2 aromatic rings. The molecule has 47 heavy (non-hydrogen) atoms. The van der Waals surface area contributed by atoms with E-state index in [1.807, 2.05) is 50.2 Å². The molecule has 1 N–H and O–H groups in total. The van der Waals surface area contributed by atoms with Gasteiger partial charge in [-0.25, -0.2) is 0 Å². The number of halogens is 3. The smallest absolute Gasteiger partial charge is 0.387 e. The van der Waals surface area contributed by atoms with Gasteiger partial charge in [-0.05, 0) is 38.8 Å². The lowest BCUT2D eigenvalue weighted by Gasteiger charge is -2.25. The summed E-state index contributed by atoms with van der Waals surface area (Å²) in [4.78, 5) is 0. The third-order valence-corrected chi connectivity index (χ3v) is 8.55. The minimum Gasteiger partial charge on any atom is -0.387 e. The van der Waals surface area contributed by atoms with Gasteiger partial charge in [0, 0.05) is 0 Å². The van der Waals surface area contributed by atoms with Crippen LogP contribution in [0.25, 0.3) is 0 Å². The summed E-state index contributed by atoms with van der Waals surface area (Å²) in [6.45, 7) is 7.46. The number of ether oxygens (including phenoxy) is 8. The minimum atomic E-state index is -5.84. The molecule has 0 amide bonds. The Hall–Kier alpha value is -2.22. The Balaban J connectivity index is 0.000000193. The fraction of sp³-hybridized carbons (Fsp3) is 0.613. The van der Waals surface area contributed by atoms with Gasteiger partial charge >= 0.3 is 15.6 Å². The summed E-state index contributed by atoms with van der Waals surface area (Å²) in [6.07, 6.45) is -6.94. The Bertz CT molecular complexity index is 1410. The molecule has 0 aromatic heterocycles. The van der Waals surface area contributed by atoms with E-state index >= 15 is 0 Å². The lowest BCUT2D eigenvalue weighted by Crippen LogP contribution is -2.42. The SMILES string of the molecule is CC1(C)OC2[C@H](O[C@H](COCc3ccccc3)[C@@H]2OS(=O)(=O)C(F)(F)F)O1.CC1(C)OC2[C@H](O[C@H](COCc3ccccc3)[C@H]2O)O1. The molecule has 2 aromatic carbocycles. The van der Waals surface area contributed by atoms with Crippen LogP contribution in [0.1, 0.15) is 38.8 Å². The van der Waals surface area contributed by atoms with Gasteiger partial charge in [0.2, 0.25) is 0 Å². The predicted octanol–water partition coefficient (Wildman–Crippen LogP) is 3.75. The zero-order valence-electron chi connectivity index (χ0n) is 26.2. The standard InChI is InChI=1S/C16H19F3O7S.C15H20O5/c1-15(2)24-13-12(26-27(20,21)16(17,18)19)11(23-14(13)25-15)9-22-8-10-6-4-3-5-7-10;1-15(2)19-13-12(16)11(18-14(13)20-15)9-17-8-10-6-4-3-5-7-10/h3-7,11-14H,8-9H2,1-2H3;3-7,11-14,16H,8-9H2,1-2H3/t11-,12+,13?,14-;11-,12-,13?,14-/m11/s1. The maximum atomic E-state index is 12.7. The van der Waals surface area contributed by atoms with Crippen LogP contribution >= 0.6 is 0 Å². The minimum absolute atomic E-state index is 0.169. The summed E-state index contributed by atoms with van der Waals surface area (Å²) in [5, 5.41) is 10.2. The molecule has 0 bridgehead atoms. The van der Waals surface area contributed by atoms with Crippen molar-refractivity contribution >= 4 is 10.1 Å². The first-order valence-corrected chi connectivity index (χ1v) is 16.4. The van der Waals surface area contributed by atoms with Gasteiger partial charge in [0.1, 0.15) is 36.6 Å². The quantitative estimate of drug-likeness (QED) is 0.287. The number of hydrogen-bond acceptors (Lipinski definition) is 12. The maximum absolute atomic E-state index is 12.7. The molecular formula is C31H39F3O12S. The third kappa shape index (κ3) is 9.07. The van der Waals surface area contributed by atoms with Crippen LogP contribution in [0, 0.1) is 0 Å². The summed E-state index contributed by atoms with van der Waals surface area (Å²) in [5.74, 6) is -1.85. The molecule has 262 valence electrons. The van der Waals surface area contributed by atoms with E-state index < -0.39 is 76.4 Å². The molecule has 8 atom stereocenters. The fourth-order valence-electron chi connectivity index (χ4n) is 5.43. The molecule has 12 nitrogen and oxygen atoms in total. The Kier molecular flexibility index (Phi) is 11.0. The second kappa shape index (κ2) is 14.3. The first-order chi connectivity index (χ1) is 22.0. The molecule has 6 rings (SSSR count). The van der Waals surface area contributed by atoms with Crippen molar-refractivity contribution in [3.63, 3.8) is 0 Å². The van der Waals surface area contributed by atoms with Crippen molar-refractivity contribution in [2.45, 2.75) is 107 Å². The lowest BCUT2D eigenvalue weighted by molar-refractivity contribution is -0.220. The van der Waals surface area contributed by atoms with E-state index in [1.165, 1.54) is 13.8 Å². The number of hydrogen-bond donors (Lipinski definition) is 1. The van der Waals surface area contributed by atoms with Crippen LogP contribution in [0.4, 0.5) is 13.2 Å². The van der Waals surface area contributed by atoms with Crippen molar-refractivity contribution in [1.82, 2.24) is 0 Å². The Morgan fingerprint density at radius 2 is 1.17 bits per heavy atom. The highest BCUT2D eigenvalue weighted by molar-refractivity contribution is 7.87. The first-order valence-electron chi connectivity index (χ1n) is 15.0. The van der Waals surface area contributed by atoms with Gasteiger partial charge < -0.3 is 43.0 Å². The molecule has 4 fully saturated rings. The zero-order chi connectivity index (χ0) is 34.0. The van der Waals surface area contributed by atoms with Crippen LogP contribution < -0.4 is 0 Å². The van der Waals surface area contributed by atoms with E-state index in [-0.39, 0.29) is 13.2 Å². The van der Waals surface area contributed by atoms with E-state index in [4.69, 9.17) is 37.9 Å². The van der Waals surface area contributed by atoms with Crippen molar-refractivity contribution in [3.8, 4) is 0 Å². The van der Waals surface area contributed by atoms with Crippen molar-refractivity contribution < 1.29 is 68.8 Å². The Morgan fingerprint density at radius 3 is 1.66 bits per heavy atom. The first kappa shape index (κ1) is 36.1. The van der Waals surface area contributed by atoms with E-state index in [0.717, 1.165) is 11.1 Å². The maximum Gasteiger partial charge on any atom is 0.523 e. The van der Waals surface area contributed by atoms with Crippen LogP contribution in [0.15, 0.2) is 60.7 Å². The van der Waals surface area contributed by atoms with Crippen LogP contribution in [-0.4, -0.2) is 93.0 Å². The third-order valence-electron chi connectivity index (χ3n) is 7.51. The average molecular weight is 693 g/mol. The second-order valence-electron chi connectivity index (χ2n) is 12.2. The van der Waals surface area contributed by atoms with Crippen LogP contribution in [0.2, 0.25) is 0 Å². The zero-order valence-corrected chi connectivity index (χ0v) is 27.0. The van der Waals surface area contributed by atoms with E-state index in [1.54, 1.807) is 24.3 Å². The highest BCUT2D eigenvalue weighted by Gasteiger charge is 2.60. The summed E-state index contributed by atoms with van der Waals surface area (Å²) in [7, 11) is -5.84. The molecule has 4 aliphatic rings. The van der Waals surface area contributed by atoms with E-state index in [2.05, 4.69) is 4.18 Å². The Labute approximate surface area is 271 Å². The van der Waals surface area contributed by atoms with Crippen LogP contribution in [-0.2, 0) is 65.4 Å². The van der Waals surface area contributed by atoms with Gasteiger partial charge in [0.25, 0.3) is 0 Å². The summed E-state index contributed by atoms with van der Waals surface area (Å²) < 4.78 is 110. The summed E-state index contributed by atoms with van der Waals surface area (Å²) in [5.41, 5.74) is -3.63. The van der Waals surface area contributed by atoms with Crippen LogP contribution in [0.5, 0.6) is 0 Å². The largest absolute Gasteiger partial charge is 0.523 e. The number of fused-ring (bicyclic) bond motifs is 2. The molecule has 0 spiro atoms. The molecule has 2 unspecified atom stereocenters. The number of alkyl halides is 3.